The minimum atomic E-state index is -5.08. The van der Waals surface area contributed by atoms with E-state index in [1.54, 1.807) is 24.5 Å². The van der Waals surface area contributed by atoms with Gasteiger partial charge in [0.25, 0.3) is 5.91 Å². The topological polar surface area (TPSA) is 138 Å². The summed E-state index contributed by atoms with van der Waals surface area (Å²) < 4.78 is 72.3. The van der Waals surface area contributed by atoms with Gasteiger partial charge in [0.05, 0.1) is 18.4 Å². The predicted octanol–water partition coefficient (Wildman–Crippen LogP) is 4.83. The number of carboxylic acids is 2. The van der Waals surface area contributed by atoms with Crippen LogP contribution in [0.5, 0.6) is 5.75 Å². The highest BCUT2D eigenvalue weighted by Crippen LogP contribution is 2.49. The Bertz CT molecular complexity index is 1520. The van der Waals surface area contributed by atoms with Gasteiger partial charge in [-0.3, -0.25) is 14.5 Å². The van der Waals surface area contributed by atoms with Crippen LogP contribution in [0.3, 0.4) is 0 Å². The number of ether oxygens (including phenoxy) is 1. The average molecular weight is 672 g/mol. The van der Waals surface area contributed by atoms with Gasteiger partial charge in [-0.2, -0.15) is 31.4 Å². The Morgan fingerprint density at radius 3 is 1.94 bits per heavy atom. The summed E-state index contributed by atoms with van der Waals surface area (Å²) in [5.41, 5.74) is 3.71. The van der Waals surface area contributed by atoms with Crippen LogP contribution in [0.1, 0.15) is 41.6 Å². The second kappa shape index (κ2) is 14.4. The molecule has 0 radical (unpaired) electrons. The van der Waals surface area contributed by atoms with Gasteiger partial charge in [-0.1, -0.05) is 12.1 Å². The van der Waals surface area contributed by atoms with E-state index >= 15 is 0 Å². The van der Waals surface area contributed by atoms with Crippen LogP contribution >= 0.6 is 0 Å². The number of hydrogen-bond acceptors (Lipinski definition) is 7. The Balaban J connectivity index is 0.000000301. The number of para-hydroxylation sites is 1. The van der Waals surface area contributed by atoms with Gasteiger partial charge in [0.15, 0.2) is 0 Å². The fourth-order valence-electron chi connectivity index (χ4n) is 5.55. The molecule has 3 aliphatic heterocycles. The third-order valence-electron chi connectivity index (χ3n) is 7.88. The molecule has 2 aromatic heterocycles. The third-order valence-corrected chi connectivity index (χ3v) is 7.88. The highest BCUT2D eigenvalue weighted by molar-refractivity contribution is 5.94. The van der Waals surface area contributed by atoms with E-state index in [2.05, 4.69) is 32.8 Å². The average Bonchev–Trinajstić information content (AvgIpc) is 3.71. The largest absolute Gasteiger partial charge is 0.490 e. The minimum Gasteiger partial charge on any atom is -0.482 e. The number of piperidine rings is 1. The van der Waals surface area contributed by atoms with E-state index in [1.165, 1.54) is 37.2 Å². The maximum Gasteiger partial charge on any atom is 0.490 e. The second-order valence-corrected chi connectivity index (χ2v) is 10.9. The molecule has 3 aromatic rings. The molecule has 2 saturated heterocycles. The van der Waals surface area contributed by atoms with Crippen molar-refractivity contribution in [1.82, 2.24) is 24.6 Å². The van der Waals surface area contributed by atoms with Crippen LogP contribution < -0.4 is 4.74 Å². The van der Waals surface area contributed by atoms with Gasteiger partial charge in [0.2, 0.25) is 0 Å². The number of carboxylic acid groups (broad SMARTS) is 2. The molecule has 3 aliphatic rings. The first kappa shape index (κ1) is 35.2. The molecule has 2 N–H and O–H groups in total. The number of likely N-dealkylation sites (tertiary alicyclic amines) is 2. The van der Waals surface area contributed by atoms with Crippen molar-refractivity contribution in [3.63, 3.8) is 0 Å². The van der Waals surface area contributed by atoms with Crippen LogP contribution in [-0.4, -0.2) is 97.7 Å². The summed E-state index contributed by atoms with van der Waals surface area (Å²) in [7, 11) is 0. The normalized spacial score (nSPS) is 16.9. The molecule has 254 valence electrons. The number of carbonyl (C=O) groups is 3. The molecule has 6 rings (SSSR count). The van der Waals surface area contributed by atoms with E-state index in [4.69, 9.17) is 29.6 Å². The highest BCUT2D eigenvalue weighted by Gasteiger charge is 2.46. The Morgan fingerprint density at radius 2 is 1.38 bits per heavy atom. The summed E-state index contributed by atoms with van der Waals surface area (Å²) >= 11 is 0. The number of carbonyl (C=O) groups excluding carboxylic acids is 1. The van der Waals surface area contributed by atoms with Crippen LogP contribution in [0.15, 0.2) is 55.0 Å². The monoisotopic (exact) mass is 671 g/mol. The first-order valence-electron chi connectivity index (χ1n) is 14.5. The number of halogens is 6. The summed E-state index contributed by atoms with van der Waals surface area (Å²) in [6.07, 6.45) is -0.718. The summed E-state index contributed by atoms with van der Waals surface area (Å²) in [6.45, 7) is 5.59. The van der Waals surface area contributed by atoms with Gasteiger partial charge >= 0.3 is 24.3 Å². The standard InChI is InChI=1S/C26H29N5O2.2C2HF3O2/c32-25(20-7-11-27-12-8-20)30-15-9-26(10-16-30)22-19-28-31(18-17-29-13-3-4-14-29)24(22)21-5-1-2-6-23(21)33-26;2*3-2(4,5)1(6)7/h1-2,5-8,11-12,19H,3-4,9-10,13-18H2;2*(H,6,7). The van der Waals surface area contributed by atoms with Gasteiger partial charge < -0.3 is 24.7 Å². The fourth-order valence-corrected chi connectivity index (χ4v) is 5.55. The van der Waals surface area contributed by atoms with Crippen molar-refractivity contribution in [3.8, 4) is 17.0 Å². The highest BCUT2D eigenvalue weighted by atomic mass is 19.4. The van der Waals surface area contributed by atoms with Crippen molar-refractivity contribution >= 4 is 17.8 Å². The number of aromatic nitrogens is 3. The van der Waals surface area contributed by atoms with Gasteiger partial charge in [-0.15, -0.1) is 0 Å². The molecule has 17 heteroatoms. The molecule has 0 saturated carbocycles. The molecule has 0 unspecified atom stereocenters. The van der Waals surface area contributed by atoms with Crippen LogP contribution in [0.2, 0.25) is 0 Å². The van der Waals surface area contributed by atoms with Crippen LogP contribution in [-0.2, 0) is 21.7 Å². The molecule has 0 bridgehead atoms. The van der Waals surface area contributed by atoms with Crippen molar-refractivity contribution in [2.45, 2.75) is 50.2 Å². The Labute approximate surface area is 264 Å². The number of fused-ring (bicyclic) bond motifs is 4. The summed E-state index contributed by atoms with van der Waals surface area (Å²) in [5.74, 6) is -4.54. The lowest BCUT2D eigenvalue weighted by molar-refractivity contribution is -0.193. The van der Waals surface area contributed by atoms with Crippen molar-refractivity contribution in [1.29, 1.82) is 0 Å². The number of amides is 1. The number of alkyl halides is 6. The first-order valence-corrected chi connectivity index (χ1v) is 14.5. The Kier molecular flexibility index (Phi) is 10.8. The number of pyridine rings is 1. The van der Waals surface area contributed by atoms with E-state index < -0.39 is 29.9 Å². The van der Waals surface area contributed by atoms with E-state index in [9.17, 15) is 31.1 Å². The number of hydrogen-bond donors (Lipinski definition) is 2. The van der Waals surface area contributed by atoms with Gasteiger partial charge in [-0.25, -0.2) is 9.59 Å². The van der Waals surface area contributed by atoms with Crippen molar-refractivity contribution in [2.75, 3.05) is 32.7 Å². The number of benzene rings is 1. The zero-order chi connectivity index (χ0) is 34.4. The van der Waals surface area contributed by atoms with E-state index in [0.29, 0.717) is 18.7 Å². The molecule has 11 nitrogen and oxygen atoms in total. The Morgan fingerprint density at radius 1 is 0.830 bits per heavy atom. The smallest absolute Gasteiger partial charge is 0.482 e. The molecule has 0 atom stereocenters. The number of rotatable bonds is 4. The van der Waals surface area contributed by atoms with Gasteiger partial charge in [0.1, 0.15) is 11.4 Å². The number of nitrogens with zero attached hydrogens (tertiary/aromatic N) is 5. The van der Waals surface area contributed by atoms with Crippen molar-refractivity contribution in [2.24, 2.45) is 0 Å². The summed E-state index contributed by atoms with van der Waals surface area (Å²) in [5, 5.41) is 19.1. The summed E-state index contributed by atoms with van der Waals surface area (Å²) in [4.78, 5) is 39.2. The molecular formula is C30H31F6N5O6. The maximum absolute atomic E-state index is 13.0. The van der Waals surface area contributed by atoms with Crippen LogP contribution in [0, 0.1) is 0 Å². The predicted molar refractivity (Wildman–Crippen MR) is 152 cm³/mol. The van der Waals surface area contributed by atoms with Gasteiger partial charge in [0, 0.05) is 61.6 Å². The maximum atomic E-state index is 13.0. The van der Waals surface area contributed by atoms with E-state index in [1.807, 2.05) is 17.2 Å². The van der Waals surface area contributed by atoms with Crippen LogP contribution in [0.4, 0.5) is 26.3 Å². The van der Waals surface area contributed by atoms with E-state index in [-0.39, 0.29) is 5.91 Å². The molecule has 5 heterocycles. The zero-order valence-corrected chi connectivity index (χ0v) is 24.8. The zero-order valence-electron chi connectivity index (χ0n) is 24.8. The van der Waals surface area contributed by atoms with Crippen molar-refractivity contribution < 1.29 is 55.7 Å². The molecule has 47 heavy (non-hydrogen) atoms. The second-order valence-electron chi connectivity index (χ2n) is 10.9. The fraction of sp³-hybridized carbons (Fsp3) is 0.433. The molecule has 1 aromatic carbocycles. The van der Waals surface area contributed by atoms with Crippen LogP contribution in [0.25, 0.3) is 11.3 Å². The third kappa shape index (κ3) is 8.58. The SMILES string of the molecule is O=C(O)C(F)(F)F.O=C(O)C(F)(F)F.O=C(c1ccncc1)N1CCC2(CC1)Oc1ccccc1-c1c2cnn1CCN1CCCC1. The molecule has 1 amide bonds. The van der Waals surface area contributed by atoms with Gasteiger partial charge in [-0.05, 0) is 50.2 Å². The summed E-state index contributed by atoms with van der Waals surface area (Å²) in [6, 6.07) is 11.9. The van der Waals surface area contributed by atoms with Crippen molar-refractivity contribution in [3.05, 3.63) is 66.1 Å². The lowest BCUT2D eigenvalue weighted by Crippen LogP contribution is -2.49. The quantitative estimate of drug-likeness (QED) is 0.374. The molecule has 0 aliphatic carbocycles. The minimum absolute atomic E-state index is 0.0602. The molecular weight excluding hydrogens is 640 g/mol. The first-order chi connectivity index (χ1) is 22.1. The lowest BCUT2D eigenvalue weighted by Gasteiger charge is -2.44. The molecule has 1 spiro atoms. The van der Waals surface area contributed by atoms with E-state index in [0.717, 1.165) is 37.2 Å². The number of aliphatic carboxylic acids is 2. The Hall–Kier alpha value is -4.67. The molecule has 2 fully saturated rings. The lowest BCUT2D eigenvalue weighted by atomic mass is 9.81.